The smallest absolute Gasteiger partial charge is 0.258 e. The van der Waals surface area contributed by atoms with Crippen LogP contribution in [0.5, 0.6) is 5.75 Å². The second kappa shape index (κ2) is 8.27. The second-order valence-electron chi connectivity index (χ2n) is 4.90. The van der Waals surface area contributed by atoms with Crippen LogP contribution in [0.1, 0.15) is 45.3 Å². The minimum atomic E-state index is -0.639. The third kappa shape index (κ3) is 5.51. The molecule has 0 heterocycles. The summed E-state index contributed by atoms with van der Waals surface area (Å²) in [6.07, 6.45) is 1.34. The Bertz CT molecular complexity index is 449. The highest BCUT2D eigenvalue weighted by Gasteiger charge is 2.12. The van der Waals surface area contributed by atoms with Crippen molar-refractivity contribution in [1.29, 1.82) is 0 Å². The predicted octanol–water partition coefficient (Wildman–Crippen LogP) is 3.19. The Hall–Kier alpha value is -1.07. The van der Waals surface area contributed by atoms with Crippen LogP contribution < -0.4 is 10.1 Å². The van der Waals surface area contributed by atoms with E-state index in [0.29, 0.717) is 11.3 Å². The maximum Gasteiger partial charge on any atom is 0.258 e. The summed E-state index contributed by atoms with van der Waals surface area (Å²) in [5.74, 6) is 0.370. The fraction of sp³-hybridized carbons (Fsp3) is 0.533. The van der Waals surface area contributed by atoms with Crippen LogP contribution in [-0.4, -0.2) is 23.7 Å². The molecular weight excluding hydrogens is 322 g/mol. The number of ether oxygens (including phenoxy) is 1. The fourth-order valence-corrected chi connectivity index (χ4v) is 2.28. The molecule has 0 aromatic heterocycles. The lowest BCUT2D eigenvalue weighted by Crippen LogP contribution is -2.36. The predicted molar refractivity (Wildman–Crippen MR) is 82.8 cm³/mol. The van der Waals surface area contributed by atoms with Crippen molar-refractivity contribution in [3.05, 3.63) is 28.2 Å². The van der Waals surface area contributed by atoms with E-state index in [0.717, 1.165) is 17.3 Å². The van der Waals surface area contributed by atoms with E-state index < -0.39 is 6.10 Å². The van der Waals surface area contributed by atoms with Gasteiger partial charge in [0, 0.05) is 16.1 Å². The standard InChI is InChI=1S/C15H22BrNO3/c1-4-5-10(2)17-15(19)9-20-14-8-12(16)6-7-13(14)11(3)18/h6-8,10-11,18H,4-5,9H2,1-3H3,(H,17,19). The lowest BCUT2D eigenvalue weighted by molar-refractivity contribution is -0.123. The Morgan fingerprint density at radius 3 is 2.75 bits per heavy atom. The zero-order valence-electron chi connectivity index (χ0n) is 12.1. The summed E-state index contributed by atoms with van der Waals surface area (Å²) >= 11 is 3.35. The normalized spacial score (nSPS) is 13.7. The molecule has 0 bridgehead atoms. The van der Waals surface area contributed by atoms with Gasteiger partial charge in [0.1, 0.15) is 5.75 Å². The number of aliphatic hydroxyl groups is 1. The maximum absolute atomic E-state index is 11.8. The second-order valence-corrected chi connectivity index (χ2v) is 5.82. The minimum Gasteiger partial charge on any atom is -0.483 e. The van der Waals surface area contributed by atoms with Crippen molar-refractivity contribution in [1.82, 2.24) is 5.32 Å². The SMILES string of the molecule is CCCC(C)NC(=O)COc1cc(Br)ccc1C(C)O. The van der Waals surface area contributed by atoms with Crippen molar-refractivity contribution in [2.45, 2.75) is 45.8 Å². The van der Waals surface area contributed by atoms with E-state index in [2.05, 4.69) is 28.2 Å². The number of hydrogen-bond acceptors (Lipinski definition) is 3. The van der Waals surface area contributed by atoms with Crippen molar-refractivity contribution in [2.24, 2.45) is 0 Å². The van der Waals surface area contributed by atoms with E-state index in [1.165, 1.54) is 0 Å². The van der Waals surface area contributed by atoms with Crippen LogP contribution in [0.4, 0.5) is 0 Å². The van der Waals surface area contributed by atoms with Crippen LogP contribution in [0.2, 0.25) is 0 Å². The first-order chi connectivity index (χ1) is 9.43. The number of carbonyl (C=O) groups is 1. The molecule has 0 aliphatic heterocycles. The molecule has 2 atom stereocenters. The number of hydrogen-bond donors (Lipinski definition) is 2. The van der Waals surface area contributed by atoms with Gasteiger partial charge in [0.25, 0.3) is 5.91 Å². The van der Waals surface area contributed by atoms with Gasteiger partial charge >= 0.3 is 0 Å². The van der Waals surface area contributed by atoms with Gasteiger partial charge in [0.05, 0.1) is 6.10 Å². The van der Waals surface area contributed by atoms with Gasteiger partial charge in [-0.15, -0.1) is 0 Å². The van der Waals surface area contributed by atoms with Gasteiger partial charge in [0.15, 0.2) is 6.61 Å². The minimum absolute atomic E-state index is 0.0514. The van der Waals surface area contributed by atoms with Crippen LogP contribution in [0, 0.1) is 0 Å². The Morgan fingerprint density at radius 1 is 1.45 bits per heavy atom. The topological polar surface area (TPSA) is 58.6 Å². The van der Waals surface area contributed by atoms with Crippen molar-refractivity contribution >= 4 is 21.8 Å². The zero-order valence-corrected chi connectivity index (χ0v) is 13.7. The molecule has 5 heteroatoms. The highest BCUT2D eigenvalue weighted by Crippen LogP contribution is 2.28. The summed E-state index contributed by atoms with van der Waals surface area (Å²) in [5.41, 5.74) is 0.669. The van der Waals surface area contributed by atoms with Gasteiger partial charge in [-0.05, 0) is 32.4 Å². The van der Waals surface area contributed by atoms with Gasteiger partial charge in [-0.3, -0.25) is 4.79 Å². The van der Waals surface area contributed by atoms with E-state index in [4.69, 9.17) is 4.74 Å². The molecule has 0 spiro atoms. The molecule has 2 unspecified atom stereocenters. The summed E-state index contributed by atoms with van der Waals surface area (Å²) in [4.78, 5) is 11.8. The van der Waals surface area contributed by atoms with Crippen LogP contribution in [0.15, 0.2) is 22.7 Å². The average molecular weight is 344 g/mol. The summed E-state index contributed by atoms with van der Waals surface area (Å²) in [7, 11) is 0. The molecular formula is C15H22BrNO3. The number of carbonyl (C=O) groups excluding carboxylic acids is 1. The van der Waals surface area contributed by atoms with Crippen molar-refractivity contribution in [2.75, 3.05) is 6.61 Å². The molecule has 0 aliphatic rings. The summed E-state index contributed by atoms with van der Waals surface area (Å²) in [6, 6.07) is 5.51. The number of nitrogens with one attached hydrogen (secondary N) is 1. The molecule has 0 saturated carbocycles. The summed E-state index contributed by atoms with van der Waals surface area (Å²) in [6.45, 7) is 5.67. The Kier molecular flexibility index (Phi) is 7.02. The van der Waals surface area contributed by atoms with E-state index in [1.54, 1.807) is 19.1 Å². The molecule has 0 saturated heterocycles. The molecule has 0 fully saturated rings. The van der Waals surface area contributed by atoms with Crippen molar-refractivity contribution in [3.63, 3.8) is 0 Å². The van der Waals surface area contributed by atoms with E-state index in [9.17, 15) is 9.90 Å². The van der Waals surface area contributed by atoms with Crippen LogP contribution in [0.25, 0.3) is 0 Å². The average Bonchev–Trinajstić information content (AvgIpc) is 2.36. The quantitative estimate of drug-likeness (QED) is 0.799. The summed E-state index contributed by atoms with van der Waals surface area (Å²) in [5, 5.41) is 12.6. The molecule has 0 aliphatic carbocycles. The van der Waals surface area contributed by atoms with Crippen molar-refractivity contribution < 1.29 is 14.6 Å². The highest BCUT2D eigenvalue weighted by atomic mass is 79.9. The monoisotopic (exact) mass is 343 g/mol. The number of amides is 1. The van der Waals surface area contributed by atoms with Crippen molar-refractivity contribution in [3.8, 4) is 5.75 Å². The highest BCUT2D eigenvalue weighted by molar-refractivity contribution is 9.10. The molecule has 2 N–H and O–H groups in total. The number of benzene rings is 1. The third-order valence-corrected chi connectivity index (χ3v) is 3.41. The lowest BCUT2D eigenvalue weighted by Gasteiger charge is -2.16. The molecule has 1 aromatic rings. The lowest BCUT2D eigenvalue weighted by atomic mass is 10.1. The molecule has 0 radical (unpaired) electrons. The number of halogens is 1. The van der Waals surface area contributed by atoms with Gasteiger partial charge in [-0.2, -0.15) is 0 Å². The third-order valence-electron chi connectivity index (χ3n) is 2.91. The van der Waals surface area contributed by atoms with Gasteiger partial charge in [0.2, 0.25) is 0 Å². The largest absolute Gasteiger partial charge is 0.483 e. The first-order valence-electron chi connectivity index (χ1n) is 6.83. The number of rotatable bonds is 7. The Morgan fingerprint density at radius 2 is 2.15 bits per heavy atom. The Balaban J connectivity index is 2.61. The molecule has 112 valence electrons. The number of aliphatic hydroxyl groups excluding tert-OH is 1. The van der Waals surface area contributed by atoms with E-state index >= 15 is 0 Å². The van der Waals surface area contributed by atoms with Crippen LogP contribution in [0.3, 0.4) is 0 Å². The maximum atomic E-state index is 11.8. The first kappa shape index (κ1) is 17.0. The van der Waals surface area contributed by atoms with Gasteiger partial charge in [-0.25, -0.2) is 0 Å². The first-order valence-corrected chi connectivity index (χ1v) is 7.63. The zero-order chi connectivity index (χ0) is 15.1. The molecule has 20 heavy (non-hydrogen) atoms. The van der Waals surface area contributed by atoms with Crippen LogP contribution in [-0.2, 0) is 4.79 Å². The van der Waals surface area contributed by atoms with Crippen LogP contribution >= 0.6 is 15.9 Å². The fourth-order valence-electron chi connectivity index (χ4n) is 1.94. The Labute approximate surface area is 128 Å². The van der Waals surface area contributed by atoms with E-state index in [1.807, 2.05) is 13.0 Å². The van der Waals surface area contributed by atoms with Gasteiger partial charge in [-0.1, -0.05) is 35.3 Å². The van der Waals surface area contributed by atoms with Gasteiger partial charge < -0.3 is 15.2 Å². The van der Waals surface area contributed by atoms with E-state index in [-0.39, 0.29) is 18.6 Å². The molecule has 1 aromatic carbocycles. The summed E-state index contributed by atoms with van der Waals surface area (Å²) < 4.78 is 6.36. The molecule has 4 nitrogen and oxygen atoms in total. The molecule has 1 rings (SSSR count). The molecule has 1 amide bonds.